The first kappa shape index (κ1) is 18.7. The van der Waals surface area contributed by atoms with Crippen molar-refractivity contribution >= 4 is 17.6 Å². The van der Waals surface area contributed by atoms with Gasteiger partial charge in [0.15, 0.2) is 5.96 Å². The number of aliphatic imine (C=N–C) groups is 1. The molecule has 0 saturated carbocycles. The second kappa shape index (κ2) is 11.3. The molecule has 1 rings (SSSR count). The molecular formula is C16H26ClN3O2. The quantitative estimate of drug-likeness (QED) is 0.416. The Kier molecular flexibility index (Phi) is 9.62. The van der Waals surface area contributed by atoms with Crippen molar-refractivity contribution < 1.29 is 9.47 Å². The average molecular weight is 328 g/mol. The van der Waals surface area contributed by atoms with Crippen molar-refractivity contribution in [3.05, 3.63) is 34.9 Å². The van der Waals surface area contributed by atoms with E-state index in [-0.39, 0.29) is 6.10 Å². The van der Waals surface area contributed by atoms with E-state index in [4.69, 9.17) is 21.1 Å². The highest BCUT2D eigenvalue weighted by molar-refractivity contribution is 6.30. The monoisotopic (exact) mass is 327 g/mol. The Bertz CT molecular complexity index is 455. The van der Waals surface area contributed by atoms with Gasteiger partial charge in [-0.25, -0.2) is 0 Å². The van der Waals surface area contributed by atoms with Crippen LogP contribution in [0.5, 0.6) is 0 Å². The number of guanidine groups is 1. The van der Waals surface area contributed by atoms with Crippen LogP contribution >= 0.6 is 11.6 Å². The number of hydrogen-bond acceptors (Lipinski definition) is 3. The topological polar surface area (TPSA) is 54.9 Å². The van der Waals surface area contributed by atoms with Crippen LogP contribution in [0.25, 0.3) is 0 Å². The minimum Gasteiger partial charge on any atom is -0.380 e. The van der Waals surface area contributed by atoms with Crippen LogP contribution in [0.4, 0.5) is 0 Å². The summed E-state index contributed by atoms with van der Waals surface area (Å²) in [5, 5.41) is 7.13. The first-order chi connectivity index (χ1) is 10.7. The lowest BCUT2D eigenvalue weighted by Gasteiger charge is -2.16. The average Bonchev–Trinajstić information content (AvgIpc) is 2.52. The molecule has 0 saturated heterocycles. The van der Waals surface area contributed by atoms with Gasteiger partial charge < -0.3 is 20.1 Å². The zero-order chi connectivity index (χ0) is 16.2. The number of methoxy groups -OCH3 is 1. The minimum atomic E-state index is -0.124. The molecule has 0 aliphatic carbocycles. The van der Waals surface area contributed by atoms with E-state index >= 15 is 0 Å². The molecule has 0 aromatic heterocycles. The summed E-state index contributed by atoms with van der Waals surface area (Å²) >= 11 is 6.03. The van der Waals surface area contributed by atoms with Crippen LogP contribution in [0.3, 0.4) is 0 Å². The van der Waals surface area contributed by atoms with Crippen LogP contribution in [0.2, 0.25) is 5.02 Å². The lowest BCUT2D eigenvalue weighted by molar-refractivity contribution is 0.111. The molecule has 0 heterocycles. The van der Waals surface area contributed by atoms with Gasteiger partial charge in [-0.3, -0.25) is 4.99 Å². The minimum absolute atomic E-state index is 0.124. The van der Waals surface area contributed by atoms with Crippen molar-refractivity contribution in [2.75, 3.05) is 40.0 Å². The number of rotatable bonds is 9. The van der Waals surface area contributed by atoms with Crippen molar-refractivity contribution in [2.24, 2.45) is 4.99 Å². The molecule has 22 heavy (non-hydrogen) atoms. The first-order valence-electron chi connectivity index (χ1n) is 7.59. The zero-order valence-electron chi connectivity index (χ0n) is 13.6. The van der Waals surface area contributed by atoms with Crippen LogP contribution in [-0.4, -0.2) is 45.9 Å². The summed E-state index contributed by atoms with van der Waals surface area (Å²) in [6, 6.07) is 7.66. The van der Waals surface area contributed by atoms with Crippen LogP contribution in [0.15, 0.2) is 29.3 Å². The molecule has 0 radical (unpaired) electrons. The fraction of sp³-hybridized carbons (Fsp3) is 0.562. The van der Waals surface area contributed by atoms with Crippen molar-refractivity contribution in [1.29, 1.82) is 0 Å². The maximum atomic E-state index is 6.03. The normalized spacial score (nSPS) is 13.0. The van der Waals surface area contributed by atoms with Gasteiger partial charge in [0.2, 0.25) is 0 Å². The van der Waals surface area contributed by atoms with Gasteiger partial charge in [0.25, 0.3) is 0 Å². The van der Waals surface area contributed by atoms with Gasteiger partial charge in [-0.05, 0) is 31.5 Å². The van der Waals surface area contributed by atoms with E-state index < -0.39 is 0 Å². The molecule has 5 nitrogen and oxygen atoms in total. The second-order valence-corrected chi connectivity index (χ2v) is 5.06. The smallest absolute Gasteiger partial charge is 0.191 e. The lowest BCUT2D eigenvalue weighted by atomic mass is 10.1. The van der Waals surface area contributed by atoms with Gasteiger partial charge in [-0.1, -0.05) is 23.7 Å². The second-order valence-electron chi connectivity index (χ2n) is 4.62. The fourth-order valence-corrected chi connectivity index (χ4v) is 2.12. The van der Waals surface area contributed by atoms with Gasteiger partial charge in [0.1, 0.15) is 6.10 Å². The molecule has 6 heteroatoms. The van der Waals surface area contributed by atoms with Gasteiger partial charge in [0, 0.05) is 31.8 Å². The highest BCUT2D eigenvalue weighted by atomic mass is 35.5. The Morgan fingerprint density at radius 1 is 1.32 bits per heavy atom. The summed E-state index contributed by atoms with van der Waals surface area (Å²) in [5.41, 5.74) is 1.02. The molecule has 0 bridgehead atoms. The predicted molar refractivity (Wildman–Crippen MR) is 91.7 cm³/mol. The Hall–Kier alpha value is -1.30. The standard InChI is InChI=1S/C16H26ClN3O2/c1-4-18-16(19-9-10-22-5-2)20-12-15(21-3)13-7-6-8-14(17)11-13/h6-8,11,15H,4-5,9-10,12H2,1-3H3,(H2,18,19,20). The molecule has 1 unspecified atom stereocenters. The molecule has 1 aromatic carbocycles. The Labute approximate surface area is 138 Å². The maximum Gasteiger partial charge on any atom is 0.191 e. The van der Waals surface area contributed by atoms with Crippen LogP contribution in [0.1, 0.15) is 25.5 Å². The number of halogens is 1. The predicted octanol–water partition coefficient (Wildman–Crippen LogP) is 2.62. The van der Waals surface area contributed by atoms with Crippen LogP contribution in [-0.2, 0) is 9.47 Å². The van der Waals surface area contributed by atoms with E-state index in [0.717, 1.165) is 24.7 Å². The van der Waals surface area contributed by atoms with Crippen LogP contribution < -0.4 is 10.6 Å². The van der Waals surface area contributed by atoms with Crippen molar-refractivity contribution in [3.8, 4) is 0 Å². The van der Waals surface area contributed by atoms with Crippen molar-refractivity contribution in [1.82, 2.24) is 10.6 Å². The number of hydrogen-bond donors (Lipinski definition) is 2. The van der Waals surface area contributed by atoms with E-state index in [1.165, 1.54) is 0 Å². The molecule has 2 N–H and O–H groups in total. The SMILES string of the molecule is CCNC(=NCC(OC)c1cccc(Cl)c1)NCCOCC. The van der Waals surface area contributed by atoms with Gasteiger partial charge in [0.05, 0.1) is 13.2 Å². The zero-order valence-corrected chi connectivity index (χ0v) is 14.3. The van der Waals surface area contributed by atoms with Gasteiger partial charge in [-0.15, -0.1) is 0 Å². The molecule has 0 aliphatic rings. The molecular weight excluding hydrogens is 302 g/mol. The molecule has 0 aliphatic heterocycles. The number of nitrogens with zero attached hydrogens (tertiary/aromatic N) is 1. The van der Waals surface area contributed by atoms with E-state index in [2.05, 4.69) is 15.6 Å². The first-order valence-corrected chi connectivity index (χ1v) is 7.97. The summed E-state index contributed by atoms with van der Waals surface area (Å²) < 4.78 is 10.8. The largest absolute Gasteiger partial charge is 0.380 e. The molecule has 124 valence electrons. The van der Waals surface area contributed by atoms with E-state index in [1.54, 1.807) is 7.11 Å². The summed E-state index contributed by atoms with van der Waals surface area (Å²) in [6.07, 6.45) is -0.124. The third kappa shape index (κ3) is 7.11. The summed E-state index contributed by atoms with van der Waals surface area (Å²) in [5.74, 6) is 0.756. The number of ether oxygens (including phenoxy) is 2. The lowest BCUT2D eigenvalue weighted by Crippen LogP contribution is -2.39. The molecule has 0 fully saturated rings. The van der Waals surface area contributed by atoms with E-state index in [0.29, 0.717) is 24.7 Å². The van der Waals surface area contributed by atoms with Crippen molar-refractivity contribution in [2.45, 2.75) is 20.0 Å². The van der Waals surface area contributed by atoms with E-state index in [1.807, 2.05) is 38.1 Å². The summed E-state index contributed by atoms with van der Waals surface area (Å²) in [6.45, 7) is 7.42. The maximum absolute atomic E-state index is 6.03. The Morgan fingerprint density at radius 3 is 2.77 bits per heavy atom. The van der Waals surface area contributed by atoms with E-state index in [9.17, 15) is 0 Å². The molecule has 1 atom stereocenters. The third-order valence-electron chi connectivity index (χ3n) is 3.01. The highest BCUT2D eigenvalue weighted by Crippen LogP contribution is 2.20. The summed E-state index contributed by atoms with van der Waals surface area (Å²) in [7, 11) is 1.68. The third-order valence-corrected chi connectivity index (χ3v) is 3.24. The van der Waals surface area contributed by atoms with Crippen LogP contribution in [0, 0.1) is 0 Å². The fourth-order valence-electron chi connectivity index (χ4n) is 1.92. The molecule has 0 amide bonds. The Balaban J connectivity index is 2.61. The van der Waals surface area contributed by atoms with Gasteiger partial charge in [-0.2, -0.15) is 0 Å². The van der Waals surface area contributed by atoms with Crippen molar-refractivity contribution in [3.63, 3.8) is 0 Å². The number of benzene rings is 1. The summed E-state index contributed by atoms with van der Waals surface area (Å²) in [4.78, 5) is 4.56. The Morgan fingerprint density at radius 2 is 2.14 bits per heavy atom. The highest BCUT2D eigenvalue weighted by Gasteiger charge is 2.10. The number of nitrogens with one attached hydrogen (secondary N) is 2. The van der Waals surface area contributed by atoms with Gasteiger partial charge >= 0.3 is 0 Å². The molecule has 0 spiro atoms. The molecule has 1 aromatic rings.